The van der Waals surface area contributed by atoms with Crippen molar-refractivity contribution in [3.8, 4) is 0 Å². The minimum absolute atomic E-state index is 0.140. The van der Waals surface area contributed by atoms with Crippen LogP contribution in [0, 0.1) is 0 Å². The molecule has 1 aromatic heterocycles. The number of hydrogen-bond acceptors (Lipinski definition) is 5. The summed E-state index contributed by atoms with van der Waals surface area (Å²) in [5.41, 5.74) is 5.32. The summed E-state index contributed by atoms with van der Waals surface area (Å²) >= 11 is 0. The van der Waals surface area contributed by atoms with E-state index in [1.165, 1.54) is 0 Å². The zero-order chi connectivity index (χ0) is 15.1. The van der Waals surface area contributed by atoms with Gasteiger partial charge in [0, 0.05) is 25.1 Å². The molecule has 0 aliphatic carbocycles. The Bertz CT molecular complexity index is 423. The smallest absolute Gasteiger partial charge is 0.237 e. The average Bonchev–Trinajstić information content (AvgIpc) is 2.36. The summed E-state index contributed by atoms with van der Waals surface area (Å²) in [6, 6.07) is 2.01. The van der Waals surface area contributed by atoms with E-state index in [-0.39, 0.29) is 18.5 Å². The quantitative estimate of drug-likeness (QED) is 0.754. The van der Waals surface area contributed by atoms with E-state index in [1.54, 1.807) is 0 Å². The number of carbonyl (C=O) groups is 1. The van der Waals surface area contributed by atoms with Crippen LogP contribution in [-0.2, 0) is 11.2 Å². The van der Waals surface area contributed by atoms with Gasteiger partial charge in [0.25, 0.3) is 0 Å². The van der Waals surface area contributed by atoms with Gasteiger partial charge in [-0.05, 0) is 27.2 Å². The second-order valence-electron chi connectivity index (χ2n) is 5.00. The van der Waals surface area contributed by atoms with Gasteiger partial charge in [0.15, 0.2) is 0 Å². The Morgan fingerprint density at radius 2 is 2.10 bits per heavy atom. The molecule has 1 amide bonds. The van der Waals surface area contributed by atoms with Crippen LogP contribution in [0.4, 0.5) is 11.6 Å². The van der Waals surface area contributed by atoms with Gasteiger partial charge in [-0.25, -0.2) is 9.97 Å². The van der Waals surface area contributed by atoms with E-state index in [0.29, 0.717) is 0 Å². The summed E-state index contributed by atoms with van der Waals surface area (Å²) in [5, 5.41) is 3.20. The van der Waals surface area contributed by atoms with Crippen molar-refractivity contribution in [3.63, 3.8) is 0 Å². The summed E-state index contributed by atoms with van der Waals surface area (Å²) in [6.45, 7) is 9.08. The van der Waals surface area contributed by atoms with Gasteiger partial charge in [-0.1, -0.05) is 6.92 Å². The molecule has 1 heterocycles. The molecule has 112 valence electrons. The highest BCUT2D eigenvalue weighted by Crippen LogP contribution is 2.18. The summed E-state index contributed by atoms with van der Waals surface area (Å²) in [6.07, 6.45) is 1.79. The normalized spacial score (nSPS) is 10.7. The molecular formula is C14H25N5O. The van der Waals surface area contributed by atoms with Crippen LogP contribution in [0.15, 0.2) is 6.07 Å². The molecule has 1 aromatic rings. The van der Waals surface area contributed by atoms with Gasteiger partial charge in [0.1, 0.15) is 17.5 Å². The van der Waals surface area contributed by atoms with Gasteiger partial charge in [-0.2, -0.15) is 0 Å². The maximum absolute atomic E-state index is 11.2. The third kappa shape index (κ3) is 4.68. The number of amides is 1. The molecule has 0 fully saturated rings. The molecule has 0 aliphatic heterocycles. The lowest BCUT2D eigenvalue weighted by Gasteiger charge is -2.27. The Hall–Kier alpha value is -1.85. The van der Waals surface area contributed by atoms with Crippen LogP contribution in [0.25, 0.3) is 0 Å². The first kappa shape index (κ1) is 16.2. The van der Waals surface area contributed by atoms with E-state index >= 15 is 0 Å². The van der Waals surface area contributed by atoms with Crippen LogP contribution >= 0.6 is 0 Å². The third-order valence-corrected chi connectivity index (χ3v) is 2.83. The molecule has 6 heteroatoms. The monoisotopic (exact) mass is 279 g/mol. The molecule has 0 saturated heterocycles. The highest BCUT2D eigenvalue weighted by Gasteiger charge is 2.16. The highest BCUT2D eigenvalue weighted by atomic mass is 16.1. The Labute approximate surface area is 120 Å². The second kappa shape index (κ2) is 7.67. The van der Waals surface area contributed by atoms with Crippen molar-refractivity contribution in [1.29, 1.82) is 0 Å². The average molecular weight is 279 g/mol. The Morgan fingerprint density at radius 1 is 1.40 bits per heavy atom. The number of nitrogens with one attached hydrogen (secondary N) is 1. The third-order valence-electron chi connectivity index (χ3n) is 2.83. The molecule has 3 N–H and O–H groups in total. The number of rotatable bonds is 8. The van der Waals surface area contributed by atoms with Crippen molar-refractivity contribution in [2.24, 2.45) is 5.73 Å². The van der Waals surface area contributed by atoms with Gasteiger partial charge < -0.3 is 16.0 Å². The number of nitrogens with two attached hydrogens (primary N) is 1. The van der Waals surface area contributed by atoms with Crippen molar-refractivity contribution in [3.05, 3.63) is 11.9 Å². The Kier molecular flexibility index (Phi) is 6.21. The van der Waals surface area contributed by atoms with Crippen LogP contribution in [0.3, 0.4) is 0 Å². The van der Waals surface area contributed by atoms with Gasteiger partial charge >= 0.3 is 0 Å². The summed E-state index contributed by atoms with van der Waals surface area (Å²) in [7, 11) is 0. The molecule has 1 rings (SSSR count). The summed E-state index contributed by atoms with van der Waals surface area (Å²) < 4.78 is 0. The maximum Gasteiger partial charge on any atom is 0.237 e. The fourth-order valence-electron chi connectivity index (χ4n) is 1.93. The standard InChI is InChI=1S/C14H25N5O/c1-5-7-12-17-13(16-6-2)8-14(18-12)19(10(3)4)9-11(15)20/h8,10H,5-7,9H2,1-4H3,(H2,15,20)(H,16,17,18). The van der Waals surface area contributed by atoms with Gasteiger partial charge in [0.2, 0.25) is 5.91 Å². The molecule has 0 aliphatic rings. The predicted octanol–water partition coefficient (Wildman–Crippen LogP) is 1.56. The molecule has 0 radical (unpaired) electrons. The van der Waals surface area contributed by atoms with E-state index in [4.69, 9.17) is 5.73 Å². The first-order chi connectivity index (χ1) is 9.47. The van der Waals surface area contributed by atoms with Gasteiger partial charge in [-0.3, -0.25) is 4.79 Å². The molecule has 0 saturated carbocycles. The van der Waals surface area contributed by atoms with Crippen molar-refractivity contribution in [1.82, 2.24) is 9.97 Å². The van der Waals surface area contributed by atoms with Gasteiger partial charge in [-0.15, -0.1) is 0 Å². The van der Waals surface area contributed by atoms with E-state index < -0.39 is 0 Å². The van der Waals surface area contributed by atoms with Crippen LogP contribution in [0.2, 0.25) is 0 Å². The summed E-state index contributed by atoms with van der Waals surface area (Å²) in [5.74, 6) is 1.96. The van der Waals surface area contributed by atoms with E-state index in [1.807, 2.05) is 31.7 Å². The second-order valence-corrected chi connectivity index (χ2v) is 5.00. The lowest BCUT2D eigenvalue weighted by atomic mass is 10.2. The van der Waals surface area contributed by atoms with Crippen molar-refractivity contribution in [2.75, 3.05) is 23.3 Å². The predicted molar refractivity (Wildman–Crippen MR) is 81.9 cm³/mol. The maximum atomic E-state index is 11.2. The van der Waals surface area contributed by atoms with Crippen LogP contribution in [-0.4, -0.2) is 35.0 Å². The molecule has 6 nitrogen and oxygen atoms in total. The van der Waals surface area contributed by atoms with Crippen LogP contribution in [0.5, 0.6) is 0 Å². The number of nitrogens with zero attached hydrogens (tertiary/aromatic N) is 3. The Balaban J connectivity index is 3.13. The molecule has 0 aromatic carbocycles. The number of hydrogen-bond donors (Lipinski definition) is 2. The number of aryl methyl sites for hydroxylation is 1. The summed E-state index contributed by atoms with van der Waals surface area (Å²) in [4.78, 5) is 22.1. The fraction of sp³-hybridized carbons (Fsp3) is 0.643. The zero-order valence-electron chi connectivity index (χ0n) is 12.8. The zero-order valence-corrected chi connectivity index (χ0v) is 12.8. The van der Waals surface area contributed by atoms with Gasteiger partial charge in [0.05, 0.1) is 6.54 Å². The van der Waals surface area contributed by atoms with Crippen molar-refractivity contribution < 1.29 is 4.79 Å². The molecular weight excluding hydrogens is 254 g/mol. The number of primary amides is 1. The minimum Gasteiger partial charge on any atom is -0.370 e. The van der Waals surface area contributed by atoms with Crippen LogP contribution < -0.4 is 16.0 Å². The lowest BCUT2D eigenvalue weighted by molar-refractivity contribution is -0.116. The molecule has 0 unspecified atom stereocenters. The van der Waals surface area contributed by atoms with E-state index in [0.717, 1.165) is 36.8 Å². The minimum atomic E-state index is -0.362. The number of aromatic nitrogens is 2. The largest absolute Gasteiger partial charge is 0.370 e. The topological polar surface area (TPSA) is 84.1 Å². The van der Waals surface area contributed by atoms with E-state index in [9.17, 15) is 4.79 Å². The first-order valence-electron chi connectivity index (χ1n) is 7.14. The number of carbonyl (C=O) groups excluding carboxylic acids is 1. The van der Waals surface area contributed by atoms with Crippen molar-refractivity contribution >= 4 is 17.5 Å². The Morgan fingerprint density at radius 3 is 2.60 bits per heavy atom. The SMILES string of the molecule is CCCc1nc(NCC)cc(N(CC(N)=O)C(C)C)n1. The first-order valence-corrected chi connectivity index (χ1v) is 7.14. The molecule has 0 spiro atoms. The highest BCUT2D eigenvalue weighted by molar-refractivity contribution is 5.79. The van der Waals surface area contributed by atoms with Crippen molar-refractivity contribution in [2.45, 2.75) is 46.6 Å². The number of anilines is 2. The fourth-order valence-corrected chi connectivity index (χ4v) is 1.93. The lowest BCUT2D eigenvalue weighted by Crippen LogP contribution is -2.39. The molecule has 0 bridgehead atoms. The molecule has 20 heavy (non-hydrogen) atoms. The van der Waals surface area contributed by atoms with Crippen LogP contribution in [0.1, 0.15) is 39.9 Å². The van der Waals surface area contributed by atoms with E-state index in [2.05, 4.69) is 22.2 Å². The molecule has 0 atom stereocenters.